The molecule has 0 rings (SSSR count). The van der Waals surface area contributed by atoms with Crippen LogP contribution in [0.2, 0.25) is 0 Å². The maximum Gasteiger partial charge on any atom is 0.237 e. The van der Waals surface area contributed by atoms with Crippen molar-refractivity contribution in [2.24, 2.45) is 11.1 Å². The standard InChI is InChI=1S/C11H24N2O2/c1-8(6-7-15-5)13-10(14)9(12)11(2,3)4/h8-9H,6-7,12H2,1-5H3,(H,13,14)/t8?,9-/m1/s1. The van der Waals surface area contributed by atoms with Gasteiger partial charge in [-0.3, -0.25) is 4.79 Å². The van der Waals surface area contributed by atoms with Crippen molar-refractivity contribution in [1.82, 2.24) is 5.32 Å². The lowest BCUT2D eigenvalue weighted by Gasteiger charge is -2.27. The normalized spacial score (nSPS) is 15.9. The fraction of sp³-hybridized carbons (Fsp3) is 0.909. The molecule has 0 aliphatic heterocycles. The summed E-state index contributed by atoms with van der Waals surface area (Å²) in [5.74, 6) is -0.0916. The Morgan fingerprint density at radius 3 is 2.40 bits per heavy atom. The number of rotatable bonds is 5. The number of hydrogen-bond acceptors (Lipinski definition) is 3. The third-order valence-electron chi connectivity index (χ3n) is 2.36. The fourth-order valence-corrected chi connectivity index (χ4v) is 1.09. The van der Waals surface area contributed by atoms with Crippen LogP contribution in [0.3, 0.4) is 0 Å². The smallest absolute Gasteiger partial charge is 0.237 e. The molecule has 0 spiro atoms. The predicted molar refractivity (Wildman–Crippen MR) is 61.5 cm³/mol. The number of nitrogens with one attached hydrogen (secondary N) is 1. The summed E-state index contributed by atoms with van der Waals surface area (Å²) in [6.07, 6.45) is 0.805. The van der Waals surface area contributed by atoms with Gasteiger partial charge in [-0.1, -0.05) is 20.8 Å². The van der Waals surface area contributed by atoms with Crippen LogP contribution in [0.25, 0.3) is 0 Å². The zero-order valence-electron chi connectivity index (χ0n) is 10.5. The van der Waals surface area contributed by atoms with E-state index in [0.29, 0.717) is 6.61 Å². The van der Waals surface area contributed by atoms with E-state index in [0.717, 1.165) is 6.42 Å². The molecule has 15 heavy (non-hydrogen) atoms. The highest BCUT2D eigenvalue weighted by Crippen LogP contribution is 2.17. The predicted octanol–water partition coefficient (Wildman–Crippen LogP) is 0.901. The summed E-state index contributed by atoms with van der Waals surface area (Å²) in [5, 5.41) is 2.88. The van der Waals surface area contributed by atoms with E-state index in [1.165, 1.54) is 0 Å². The molecule has 0 aliphatic rings. The molecule has 90 valence electrons. The maximum atomic E-state index is 11.7. The molecule has 1 unspecified atom stereocenters. The van der Waals surface area contributed by atoms with Crippen molar-refractivity contribution in [2.45, 2.75) is 46.2 Å². The summed E-state index contributed by atoms with van der Waals surface area (Å²) >= 11 is 0. The largest absolute Gasteiger partial charge is 0.385 e. The molecule has 0 saturated carbocycles. The molecule has 4 nitrogen and oxygen atoms in total. The first-order chi connectivity index (χ1) is 6.79. The summed E-state index contributed by atoms with van der Waals surface area (Å²) in [7, 11) is 1.65. The molecule has 0 bridgehead atoms. The Bertz CT molecular complexity index is 199. The molecular weight excluding hydrogens is 192 g/mol. The van der Waals surface area contributed by atoms with E-state index in [4.69, 9.17) is 10.5 Å². The van der Waals surface area contributed by atoms with Crippen LogP contribution < -0.4 is 11.1 Å². The first-order valence-corrected chi connectivity index (χ1v) is 5.34. The zero-order chi connectivity index (χ0) is 12.1. The minimum Gasteiger partial charge on any atom is -0.385 e. The Balaban J connectivity index is 4.02. The second-order valence-electron chi connectivity index (χ2n) is 5.03. The number of methoxy groups -OCH3 is 1. The van der Waals surface area contributed by atoms with E-state index < -0.39 is 6.04 Å². The molecule has 0 fully saturated rings. The summed E-state index contributed by atoms with van der Waals surface area (Å²) in [6.45, 7) is 8.46. The monoisotopic (exact) mass is 216 g/mol. The third-order valence-corrected chi connectivity index (χ3v) is 2.36. The highest BCUT2D eigenvalue weighted by Gasteiger charge is 2.27. The average molecular weight is 216 g/mol. The quantitative estimate of drug-likeness (QED) is 0.717. The van der Waals surface area contributed by atoms with Gasteiger partial charge in [0.05, 0.1) is 6.04 Å². The lowest BCUT2D eigenvalue weighted by atomic mass is 9.87. The van der Waals surface area contributed by atoms with Crippen LogP contribution in [0, 0.1) is 5.41 Å². The van der Waals surface area contributed by atoms with E-state index >= 15 is 0 Å². The summed E-state index contributed by atoms with van der Waals surface area (Å²) < 4.78 is 4.94. The molecule has 0 aromatic rings. The Morgan fingerprint density at radius 2 is 2.00 bits per heavy atom. The molecule has 0 aromatic carbocycles. The summed E-state index contributed by atoms with van der Waals surface area (Å²) in [5.41, 5.74) is 5.62. The van der Waals surface area contributed by atoms with Crippen LogP contribution in [-0.4, -0.2) is 31.7 Å². The Kier molecular flexibility index (Phi) is 5.83. The van der Waals surface area contributed by atoms with Gasteiger partial charge in [-0.05, 0) is 18.8 Å². The SMILES string of the molecule is COCCC(C)NC(=O)[C@@H](N)C(C)(C)C. The van der Waals surface area contributed by atoms with Gasteiger partial charge in [-0.25, -0.2) is 0 Å². The van der Waals surface area contributed by atoms with Gasteiger partial charge >= 0.3 is 0 Å². The lowest BCUT2D eigenvalue weighted by Crippen LogP contribution is -2.50. The van der Waals surface area contributed by atoms with Gasteiger partial charge in [0.2, 0.25) is 5.91 Å². The summed E-state index contributed by atoms with van der Waals surface area (Å²) in [6, 6.07) is -0.367. The molecule has 4 heteroatoms. The van der Waals surface area contributed by atoms with E-state index in [1.807, 2.05) is 27.7 Å². The number of carbonyl (C=O) groups excluding carboxylic acids is 1. The van der Waals surface area contributed by atoms with E-state index in [2.05, 4.69) is 5.32 Å². The Morgan fingerprint density at radius 1 is 1.47 bits per heavy atom. The minimum absolute atomic E-state index is 0.0916. The van der Waals surface area contributed by atoms with Gasteiger partial charge in [-0.2, -0.15) is 0 Å². The first-order valence-electron chi connectivity index (χ1n) is 5.34. The number of hydrogen-bond donors (Lipinski definition) is 2. The van der Waals surface area contributed by atoms with Crippen molar-refractivity contribution in [3.8, 4) is 0 Å². The molecule has 0 aliphatic carbocycles. The van der Waals surface area contributed by atoms with Gasteiger partial charge in [0.1, 0.15) is 0 Å². The minimum atomic E-state index is -0.470. The van der Waals surface area contributed by atoms with Crippen LogP contribution in [0.15, 0.2) is 0 Å². The number of nitrogens with two attached hydrogens (primary N) is 1. The van der Waals surface area contributed by atoms with Crippen LogP contribution in [-0.2, 0) is 9.53 Å². The maximum absolute atomic E-state index is 11.7. The van der Waals surface area contributed by atoms with Crippen molar-refractivity contribution < 1.29 is 9.53 Å². The van der Waals surface area contributed by atoms with Crippen molar-refractivity contribution in [3.05, 3.63) is 0 Å². The van der Waals surface area contributed by atoms with Crippen LogP contribution in [0.1, 0.15) is 34.1 Å². The molecule has 2 atom stereocenters. The zero-order valence-corrected chi connectivity index (χ0v) is 10.5. The lowest BCUT2D eigenvalue weighted by molar-refractivity contribution is -0.125. The van der Waals surface area contributed by atoms with Gasteiger partial charge in [-0.15, -0.1) is 0 Å². The topological polar surface area (TPSA) is 64.3 Å². The molecular formula is C11H24N2O2. The first kappa shape index (κ1) is 14.4. The number of ether oxygens (including phenoxy) is 1. The Hall–Kier alpha value is -0.610. The average Bonchev–Trinajstić information content (AvgIpc) is 2.11. The number of carbonyl (C=O) groups is 1. The molecule has 0 heterocycles. The Labute approximate surface area is 92.6 Å². The molecule has 0 aromatic heterocycles. The molecule has 0 radical (unpaired) electrons. The fourth-order valence-electron chi connectivity index (χ4n) is 1.09. The molecule has 0 saturated heterocycles. The van der Waals surface area contributed by atoms with Gasteiger partial charge in [0.25, 0.3) is 0 Å². The highest BCUT2D eigenvalue weighted by atomic mass is 16.5. The van der Waals surface area contributed by atoms with E-state index in [1.54, 1.807) is 7.11 Å². The van der Waals surface area contributed by atoms with Crippen LogP contribution in [0.5, 0.6) is 0 Å². The van der Waals surface area contributed by atoms with Gasteiger partial charge < -0.3 is 15.8 Å². The van der Waals surface area contributed by atoms with Gasteiger partial charge in [0.15, 0.2) is 0 Å². The molecule has 1 amide bonds. The van der Waals surface area contributed by atoms with Crippen molar-refractivity contribution in [3.63, 3.8) is 0 Å². The number of amides is 1. The van der Waals surface area contributed by atoms with Crippen LogP contribution >= 0.6 is 0 Å². The van der Waals surface area contributed by atoms with E-state index in [-0.39, 0.29) is 17.4 Å². The second kappa shape index (κ2) is 6.08. The molecule has 3 N–H and O–H groups in total. The van der Waals surface area contributed by atoms with Crippen LogP contribution in [0.4, 0.5) is 0 Å². The third kappa shape index (κ3) is 5.74. The summed E-state index contributed by atoms with van der Waals surface area (Å²) in [4.78, 5) is 11.7. The van der Waals surface area contributed by atoms with E-state index in [9.17, 15) is 4.79 Å². The highest BCUT2D eigenvalue weighted by molar-refractivity contribution is 5.82. The van der Waals surface area contributed by atoms with Crippen molar-refractivity contribution in [1.29, 1.82) is 0 Å². The second-order valence-corrected chi connectivity index (χ2v) is 5.03. The van der Waals surface area contributed by atoms with Crippen molar-refractivity contribution >= 4 is 5.91 Å². The van der Waals surface area contributed by atoms with Crippen molar-refractivity contribution in [2.75, 3.05) is 13.7 Å². The van der Waals surface area contributed by atoms with Gasteiger partial charge in [0, 0.05) is 19.8 Å².